The summed E-state index contributed by atoms with van der Waals surface area (Å²) in [6, 6.07) is 0. The smallest absolute Gasteiger partial charge is 0.0577 e. The maximum absolute atomic E-state index is 9.37. The summed E-state index contributed by atoms with van der Waals surface area (Å²) in [5.74, 6) is 0. The van der Waals surface area contributed by atoms with E-state index in [1.54, 1.807) is 0 Å². The molecule has 1 heterocycles. The van der Waals surface area contributed by atoms with Crippen LogP contribution in [0.25, 0.3) is 0 Å². The van der Waals surface area contributed by atoms with Crippen LogP contribution in [0.1, 0.15) is 31.2 Å². The molecule has 1 saturated carbocycles. The van der Waals surface area contributed by atoms with E-state index in [1.807, 2.05) is 24.1 Å². The first-order valence-corrected chi connectivity index (χ1v) is 6.01. The first-order valence-electron chi connectivity index (χ1n) is 6.01. The Balaban J connectivity index is 1.64. The monoisotopic (exact) mass is 224 g/mol. The summed E-state index contributed by atoms with van der Waals surface area (Å²) in [5.41, 5.74) is 1.22. The van der Waals surface area contributed by atoms with Gasteiger partial charge in [-0.1, -0.05) is 0 Å². The van der Waals surface area contributed by atoms with Gasteiger partial charge in [-0.15, -0.1) is 0 Å². The fourth-order valence-electron chi connectivity index (χ4n) is 2.16. The quantitative estimate of drug-likeness (QED) is 0.838. The van der Waals surface area contributed by atoms with Gasteiger partial charge in [0.05, 0.1) is 25.0 Å². The number of ether oxygens (including phenoxy) is 1. The Morgan fingerprint density at radius 1 is 1.44 bits per heavy atom. The summed E-state index contributed by atoms with van der Waals surface area (Å²) in [5, 5.41) is 13.5. The highest BCUT2D eigenvalue weighted by Crippen LogP contribution is 2.21. The van der Waals surface area contributed by atoms with Crippen molar-refractivity contribution in [3.05, 3.63) is 18.0 Å². The second-order valence-electron chi connectivity index (χ2n) is 4.57. The summed E-state index contributed by atoms with van der Waals surface area (Å²) < 4.78 is 7.61. The molecule has 0 saturated heterocycles. The molecule has 1 aliphatic rings. The molecule has 0 amide bonds. The van der Waals surface area contributed by atoms with E-state index < -0.39 is 0 Å². The number of aromatic nitrogens is 2. The zero-order chi connectivity index (χ0) is 11.4. The Hall–Kier alpha value is -0.870. The lowest BCUT2D eigenvalue weighted by molar-refractivity contribution is -0.00180. The molecule has 1 aliphatic carbocycles. The maximum atomic E-state index is 9.37. The molecule has 1 aromatic heterocycles. The van der Waals surface area contributed by atoms with Crippen LogP contribution >= 0.6 is 0 Å². The van der Waals surface area contributed by atoms with Crippen molar-refractivity contribution >= 4 is 0 Å². The number of hydrogen-bond donors (Lipinski definition) is 1. The standard InChI is InChI=1S/C12H20N2O2/c1-14-9-10(8-13-14)6-7-16-12-4-2-11(15)3-5-12/h8-9,11-12,15H,2-7H2,1H3. The second kappa shape index (κ2) is 5.46. The minimum Gasteiger partial charge on any atom is -0.393 e. The van der Waals surface area contributed by atoms with Crippen molar-refractivity contribution in [1.82, 2.24) is 9.78 Å². The van der Waals surface area contributed by atoms with Gasteiger partial charge in [0.2, 0.25) is 0 Å². The molecule has 16 heavy (non-hydrogen) atoms. The highest BCUT2D eigenvalue weighted by Gasteiger charge is 2.19. The van der Waals surface area contributed by atoms with Crippen molar-refractivity contribution in [2.45, 2.75) is 44.3 Å². The lowest BCUT2D eigenvalue weighted by Gasteiger charge is -2.25. The molecular formula is C12H20N2O2. The number of aliphatic hydroxyl groups is 1. The van der Waals surface area contributed by atoms with Gasteiger partial charge in [-0.25, -0.2) is 0 Å². The van der Waals surface area contributed by atoms with Crippen LogP contribution in [0.2, 0.25) is 0 Å². The zero-order valence-electron chi connectivity index (χ0n) is 9.80. The van der Waals surface area contributed by atoms with E-state index in [1.165, 1.54) is 5.56 Å². The fourth-order valence-corrected chi connectivity index (χ4v) is 2.16. The highest BCUT2D eigenvalue weighted by atomic mass is 16.5. The molecule has 0 aliphatic heterocycles. The minimum atomic E-state index is -0.0989. The molecule has 4 heteroatoms. The van der Waals surface area contributed by atoms with Crippen molar-refractivity contribution < 1.29 is 9.84 Å². The molecule has 0 radical (unpaired) electrons. The average Bonchev–Trinajstić information content (AvgIpc) is 2.67. The predicted octanol–water partition coefficient (Wildman–Crippen LogP) is 1.28. The van der Waals surface area contributed by atoms with E-state index in [9.17, 15) is 5.11 Å². The van der Waals surface area contributed by atoms with Gasteiger partial charge < -0.3 is 9.84 Å². The van der Waals surface area contributed by atoms with Gasteiger partial charge in [0.1, 0.15) is 0 Å². The largest absolute Gasteiger partial charge is 0.393 e. The first-order chi connectivity index (χ1) is 7.74. The Morgan fingerprint density at radius 2 is 2.19 bits per heavy atom. The third kappa shape index (κ3) is 3.32. The van der Waals surface area contributed by atoms with Crippen LogP contribution < -0.4 is 0 Å². The molecular weight excluding hydrogens is 204 g/mol. The minimum absolute atomic E-state index is 0.0989. The number of nitrogens with zero attached hydrogens (tertiary/aromatic N) is 2. The molecule has 0 unspecified atom stereocenters. The van der Waals surface area contributed by atoms with Crippen molar-refractivity contribution in [3.8, 4) is 0 Å². The van der Waals surface area contributed by atoms with Gasteiger partial charge in [-0.3, -0.25) is 4.68 Å². The van der Waals surface area contributed by atoms with Gasteiger partial charge in [0.15, 0.2) is 0 Å². The summed E-state index contributed by atoms with van der Waals surface area (Å²) >= 11 is 0. The van der Waals surface area contributed by atoms with Crippen LogP contribution in [0.15, 0.2) is 12.4 Å². The summed E-state index contributed by atoms with van der Waals surface area (Å²) in [7, 11) is 1.92. The highest BCUT2D eigenvalue weighted by molar-refractivity contribution is 5.03. The van der Waals surface area contributed by atoms with Gasteiger partial charge in [0.25, 0.3) is 0 Å². The third-order valence-electron chi connectivity index (χ3n) is 3.15. The molecule has 2 rings (SSSR count). The molecule has 1 fully saturated rings. The molecule has 0 bridgehead atoms. The van der Waals surface area contributed by atoms with Crippen LogP contribution in [-0.2, 0) is 18.2 Å². The Bertz CT molecular complexity index is 317. The van der Waals surface area contributed by atoms with E-state index in [0.29, 0.717) is 6.10 Å². The molecule has 1 aromatic rings. The summed E-state index contributed by atoms with van der Waals surface area (Å²) in [6.07, 6.45) is 8.84. The number of aryl methyl sites for hydroxylation is 1. The van der Waals surface area contributed by atoms with E-state index in [4.69, 9.17) is 4.74 Å². The van der Waals surface area contributed by atoms with Gasteiger partial charge in [-0.05, 0) is 37.7 Å². The number of rotatable bonds is 4. The first kappa shape index (κ1) is 11.6. The lowest BCUT2D eigenvalue weighted by Crippen LogP contribution is -2.24. The van der Waals surface area contributed by atoms with Crippen LogP contribution in [0.4, 0.5) is 0 Å². The van der Waals surface area contributed by atoms with Gasteiger partial charge in [0, 0.05) is 13.2 Å². The van der Waals surface area contributed by atoms with E-state index in [2.05, 4.69) is 5.10 Å². The number of hydrogen-bond acceptors (Lipinski definition) is 3. The molecule has 0 atom stereocenters. The van der Waals surface area contributed by atoms with E-state index >= 15 is 0 Å². The fraction of sp³-hybridized carbons (Fsp3) is 0.750. The van der Waals surface area contributed by atoms with Crippen molar-refractivity contribution in [1.29, 1.82) is 0 Å². The average molecular weight is 224 g/mol. The third-order valence-corrected chi connectivity index (χ3v) is 3.15. The Labute approximate surface area is 96.2 Å². The molecule has 1 N–H and O–H groups in total. The van der Waals surface area contributed by atoms with Crippen LogP contribution in [0, 0.1) is 0 Å². The SMILES string of the molecule is Cn1cc(CCOC2CCC(O)CC2)cn1. The van der Waals surface area contributed by atoms with Crippen molar-refractivity contribution in [2.24, 2.45) is 7.05 Å². The zero-order valence-corrected chi connectivity index (χ0v) is 9.80. The van der Waals surface area contributed by atoms with Crippen molar-refractivity contribution in [2.75, 3.05) is 6.61 Å². The number of aliphatic hydroxyl groups excluding tert-OH is 1. The molecule has 90 valence electrons. The van der Waals surface area contributed by atoms with E-state index in [0.717, 1.165) is 38.7 Å². The van der Waals surface area contributed by atoms with Gasteiger partial charge >= 0.3 is 0 Å². The lowest BCUT2D eigenvalue weighted by atomic mass is 9.95. The van der Waals surface area contributed by atoms with Crippen LogP contribution in [0.3, 0.4) is 0 Å². The van der Waals surface area contributed by atoms with Gasteiger partial charge in [-0.2, -0.15) is 5.10 Å². The molecule has 0 aromatic carbocycles. The Kier molecular flexibility index (Phi) is 3.96. The predicted molar refractivity (Wildman–Crippen MR) is 61.1 cm³/mol. The topological polar surface area (TPSA) is 47.3 Å². The maximum Gasteiger partial charge on any atom is 0.0577 e. The summed E-state index contributed by atoms with van der Waals surface area (Å²) in [4.78, 5) is 0. The van der Waals surface area contributed by atoms with Crippen LogP contribution in [-0.4, -0.2) is 33.7 Å². The normalized spacial score (nSPS) is 25.9. The molecule has 4 nitrogen and oxygen atoms in total. The Morgan fingerprint density at radius 3 is 2.81 bits per heavy atom. The summed E-state index contributed by atoms with van der Waals surface area (Å²) in [6.45, 7) is 0.756. The van der Waals surface area contributed by atoms with Crippen LogP contribution in [0.5, 0.6) is 0 Å². The second-order valence-corrected chi connectivity index (χ2v) is 4.57. The van der Waals surface area contributed by atoms with E-state index in [-0.39, 0.29) is 6.10 Å². The van der Waals surface area contributed by atoms with Crippen molar-refractivity contribution in [3.63, 3.8) is 0 Å². The molecule has 0 spiro atoms.